The molecule has 1 saturated heterocycles. The number of amides is 2. The van der Waals surface area contributed by atoms with Gasteiger partial charge in [-0.05, 0) is 24.6 Å². The van der Waals surface area contributed by atoms with E-state index >= 15 is 0 Å². The second kappa shape index (κ2) is 6.59. The first-order valence-corrected chi connectivity index (χ1v) is 8.51. The molecule has 2 aromatic carbocycles. The van der Waals surface area contributed by atoms with Gasteiger partial charge < -0.3 is 9.47 Å². The number of carbonyl (C=O) groups is 2. The SMILES string of the molecule is COc1cc(OC)cc(N2C(=O)[C@H]3N=NN(c4ccc(C)c(F)c4)[C@H]3C2=O)c1. The van der Waals surface area contributed by atoms with E-state index in [0.717, 1.165) is 4.90 Å². The zero-order valence-corrected chi connectivity index (χ0v) is 15.4. The summed E-state index contributed by atoms with van der Waals surface area (Å²) in [5.74, 6) is -0.570. The number of aryl methyl sites for hydroxylation is 1. The van der Waals surface area contributed by atoms with Crippen LogP contribution >= 0.6 is 0 Å². The van der Waals surface area contributed by atoms with Gasteiger partial charge in [-0.1, -0.05) is 11.3 Å². The number of nitrogens with zero attached hydrogens (tertiary/aromatic N) is 4. The number of halogens is 1. The lowest BCUT2D eigenvalue weighted by molar-refractivity contribution is -0.121. The monoisotopic (exact) mass is 384 g/mol. The lowest BCUT2D eigenvalue weighted by Gasteiger charge is -2.21. The van der Waals surface area contributed by atoms with Gasteiger partial charge in [-0.25, -0.2) is 14.3 Å². The van der Waals surface area contributed by atoms with Crippen molar-refractivity contribution in [3.8, 4) is 11.5 Å². The molecule has 9 heteroatoms. The smallest absolute Gasteiger partial charge is 0.263 e. The number of ether oxygens (including phenoxy) is 2. The third-order valence-corrected chi connectivity index (χ3v) is 4.80. The van der Waals surface area contributed by atoms with Gasteiger partial charge in [0.15, 0.2) is 12.1 Å². The predicted molar refractivity (Wildman–Crippen MR) is 98.1 cm³/mol. The third-order valence-electron chi connectivity index (χ3n) is 4.80. The molecule has 144 valence electrons. The number of anilines is 2. The van der Waals surface area contributed by atoms with Crippen molar-refractivity contribution in [1.29, 1.82) is 0 Å². The fourth-order valence-electron chi connectivity index (χ4n) is 3.27. The van der Waals surface area contributed by atoms with E-state index in [2.05, 4.69) is 10.3 Å². The standard InChI is InChI=1S/C19H17FN4O4/c1-10-4-5-11(8-15(10)20)24-17-16(21-22-24)18(25)23(19(17)26)12-6-13(27-2)9-14(7-12)28-3/h4-9,16-17H,1-3H3/t16-,17+/m0/s1. The zero-order chi connectivity index (χ0) is 20.0. The van der Waals surface area contributed by atoms with Gasteiger partial charge in [-0.2, -0.15) is 5.11 Å². The molecule has 2 aliphatic rings. The molecule has 2 amide bonds. The first kappa shape index (κ1) is 17.9. The van der Waals surface area contributed by atoms with E-state index in [0.29, 0.717) is 28.4 Å². The van der Waals surface area contributed by atoms with E-state index in [1.54, 1.807) is 37.3 Å². The van der Waals surface area contributed by atoms with Crippen LogP contribution < -0.4 is 19.4 Å². The Hall–Kier alpha value is -3.49. The van der Waals surface area contributed by atoms with Crippen molar-refractivity contribution >= 4 is 23.2 Å². The number of fused-ring (bicyclic) bond motifs is 1. The minimum Gasteiger partial charge on any atom is -0.497 e. The number of rotatable bonds is 4. The van der Waals surface area contributed by atoms with Gasteiger partial charge >= 0.3 is 0 Å². The maximum atomic E-state index is 14.0. The maximum absolute atomic E-state index is 14.0. The number of methoxy groups -OCH3 is 2. The van der Waals surface area contributed by atoms with Crippen LogP contribution in [0, 0.1) is 12.7 Å². The highest BCUT2D eigenvalue weighted by Crippen LogP contribution is 2.37. The highest BCUT2D eigenvalue weighted by Gasteiger charge is 2.55. The van der Waals surface area contributed by atoms with Crippen LogP contribution in [0.2, 0.25) is 0 Å². The molecule has 2 aliphatic heterocycles. The highest BCUT2D eigenvalue weighted by atomic mass is 19.1. The van der Waals surface area contributed by atoms with Crippen LogP contribution in [0.3, 0.4) is 0 Å². The summed E-state index contributed by atoms with van der Waals surface area (Å²) in [5.41, 5.74) is 1.13. The molecule has 28 heavy (non-hydrogen) atoms. The van der Waals surface area contributed by atoms with Crippen molar-refractivity contribution in [2.24, 2.45) is 10.3 Å². The molecule has 8 nitrogen and oxygen atoms in total. The van der Waals surface area contributed by atoms with Crippen molar-refractivity contribution < 1.29 is 23.5 Å². The molecule has 0 radical (unpaired) electrons. The normalized spacial score (nSPS) is 20.7. The Bertz CT molecular complexity index is 987. The summed E-state index contributed by atoms with van der Waals surface area (Å²) in [6, 6.07) is 7.29. The van der Waals surface area contributed by atoms with E-state index in [4.69, 9.17) is 9.47 Å². The van der Waals surface area contributed by atoms with E-state index in [9.17, 15) is 14.0 Å². The number of imide groups is 1. The van der Waals surface area contributed by atoms with E-state index in [1.165, 1.54) is 25.3 Å². The zero-order valence-electron chi connectivity index (χ0n) is 15.4. The average molecular weight is 384 g/mol. The molecule has 0 aromatic heterocycles. The van der Waals surface area contributed by atoms with Crippen molar-refractivity contribution in [2.75, 3.05) is 24.1 Å². The van der Waals surface area contributed by atoms with Gasteiger partial charge in [0.1, 0.15) is 17.3 Å². The average Bonchev–Trinajstić information content (AvgIpc) is 3.24. The quantitative estimate of drug-likeness (QED) is 0.757. The molecule has 2 atom stereocenters. The molecule has 2 aromatic rings. The Labute approximate surface area is 160 Å². The molecule has 4 rings (SSSR count). The second-order valence-corrected chi connectivity index (χ2v) is 6.46. The molecular formula is C19H17FN4O4. The summed E-state index contributed by atoms with van der Waals surface area (Å²) in [6.07, 6.45) is 0. The molecule has 2 heterocycles. The predicted octanol–water partition coefficient (Wildman–Crippen LogP) is 2.65. The van der Waals surface area contributed by atoms with Crippen LogP contribution in [-0.2, 0) is 9.59 Å². The summed E-state index contributed by atoms with van der Waals surface area (Å²) in [5, 5.41) is 9.17. The Kier molecular flexibility index (Phi) is 4.21. The van der Waals surface area contributed by atoms with Crippen LogP contribution in [0.25, 0.3) is 0 Å². The molecular weight excluding hydrogens is 367 g/mol. The van der Waals surface area contributed by atoms with Crippen molar-refractivity contribution in [3.05, 3.63) is 47.8 Å². The van der Waals surface area contributed by atoms with Gasteiger partial charge in [-0.15, -0.1) is 0 Å². The van der Waals surface area contributed by atoms with Crippen LogP contribution in [-0.4, -0.2) is 38.1 Å². The fraction of sp³-hybridized carbons (Fsp3) is 0.263. The van der Waals surface area contributed by atoms with E-state index < -0.39 is 29.7 Å². The second-order valence-electron chi connectivity index (χ2n) is 6.46. The topological polar surface area (TPSA) is 83.8 Å². The molecule has 1 fully saturated rings. The summed E-state index contributed by atoms with van der Waals surface area (Å²) >= 11 is 0. The van der Waals surface area contributed by atoms with Gasteiger partial charge in [0, 0.05) is 18.2 Å². The molecule has 0 unspecified atom stereocenters. The minimum atomic E-state index is -0.992. The number of hydrogen-bond acceptors (Lipinski definition) is 7. The van der Waals surface area contributed by atoms with Crippen LogP contribution in [0.15, 0.2) is 46.7 Å². The van der Waals surface area contributed by atoms with Crippen molar-refractivity contribution in [3.63, 3.8) is 0 Å². The highest BCUT2D eigenvalue weighted by molar-refractivity contribution is 6.26. The molecule has 0 saturated carbocycles. The lowest BCUT2D eigenvalue weighted by atomic mass is 10.1. The Morgan fingerprint density at radius 2 is 1.64 bits per heavy atom. The minimum absolute atomic E-state index is 0.311. The van der Waals surface area contributed by atoms with E-state index in [-0.39, 0.29) is 0 Å². The van der Waals surface area contributed by atoms with Crippen LogP contribution in [0.5, 0.6) is 11.5 Å². The van der Waals surface area contributed by atoms with E-state index in [1.807, 2.05) is 0 Å². The summed E-state index contributed by atoms with van der Waals surface area (Å²) in [6.45, 7) is 1.63. The largest absolute Gasteiger partial charge is 0.497 e. The summed E-state index contributed by atoms with van der Waals surface area (Å²) < 4.78 is 24.4. The van der Waals surface area contributed by atoms with Crippen LogP contribution in [0.1, 0.15) is 5.56 Å². The van der Waals surface area contributed by atoms with Gasteiger partial charge in [0.2, 0.25) is 0 Å². The summed E-state index contributed by atoms with van der Waals surface area (Å²) in [7, 11) is 2.95. The third kappa shape index (κ3) is 2.67. The first-order chi connectivity index (χ1) is 13.4. The molecule has 0 bridgehead atoms. The van der Waals surface area contributed by atoms with Gasteiger partial charge in [0.25, 0.3) is 11.8 Å². The summed E-state index contributed by atoms with van der Waals surface area (Å²) in [4.78, 5) is 27.0. The number of hydrogen-bond donors (Lipinski definition) is 0. The first-order valence-electron chi connectivity index (χ1n) is 8.51. The van der Waals surface area contributed by atoms with Gasteiger partial charge in [0.05, 0.1) is 25.6 Å². The molecule has 0 spiro atoms. The number of carbonyl (C=O) groups excluding carboxylic acids is 2. The molecule has 0 N–H and O–H groups in total. The Morgan fingerprint density at radius 3 is 2.25 bits per heavy atom. The van der Waals surface area contributed by atoms with Crippen LogP contribution in [0.4, 0.5) is 15.8 Å². The fourth-order valence-corrected chi connectivity index (χ4v) is 3.27. The Balaban J connectivity index is 1.71. The van der Waals surface area contributed by atoms with Crippen molar-refractivity contribution in [1.82, 2.24) is 0 Å². The Morgan fingerprint density at radius 1 is 0.964 bits per heavy atom. The lowest BCUT2D eigenvalue weighted by Crippen LogP contribution is -2.40. The molecule has 0 aliphatic carbocycles. The number of benzene rings is 2. The van der Waals surface area contributed by atoms with Crippen molar-refractivity contribution in [2.45, 2.75) is 19.0 Å². The van der Waals surface area contributed by atoms with Gasteiger partial charge in [-0.3, -0.25) is 9.59 Å². The maximum Gasteiger partial charge on any atom is 0.263 e.